The molecule has 0 radical (unpaired) electrons. The van der Waals surface area contributed by atoms with Gasteiger partial charge in [-0.2, -0.15) is 0 Å². The first-order valence-corrected chi connectivity index (χ1v) is 7.28. The maximum atomic E-state index is 5.78. The normalized spacial score (nSPS) is 10.5. The Morgan fingerprint density at radius 2 is 1.71 bits per heavy atom. The molecule has 0 aliphatic carbocycles. The van der Waals surface area contributed by atoms with Crippen LogP contribution in [0, 0.1) is 0 Å². The Morgan fingerprint density at radius 3 is 2.18 bits per heavy atom. The van der Waals surface area contributed by atoms with Crippen molar-refractivity contribution in [2.45, 2.75) is 39.5 Å². The van der Waals surface area contributed by atoms with Crippen LogP contribution in [-0.2, 0) is 0 Å². The summed E-state index contributed by atoms with van der Waals surface area (Å²) in [7, 11) is 0. The molecular weight excluding hydrogens is 276 g/mol. The standard InChI is InChI=1S/C14H23BrN2/c1-3-5-9-17(10-6-4-2)14-8-7-12(16)11-13(14)15/h7-8,11H,3-6,9-10,16H2,1-2H3. The Labute approximate surface area is 113 Å². The molecule has 1 aromatic carbocycles. The molecule has 0 fully saturated rings. The van der Waals surface area contributed by atoms with Crippen molar-refractivity contribution >= 4 is 27.3 Å². The molecule has 0 saturated heterocycles. The summed E-state index contributed by atoms with van der Waals surface area (Å²) in [6.45, 7) is 6.71. The van der Waals surface area contributed by atoms with Crippen LogP contribution in [0.1, 0.15) is 39.5 Å². The highest BCUT2D eigenvalue weighted by molar-refractivity contribution is 9.10. The number of anilines is 2. The van der Waals surface area contributed by atoms with Crippen LogP contribution in [0.2, 0.25) is 0 Å². The molecule has 0 aliphatic rings. The van der Waals surface area contributed by atoms with Crippen LogP contribution in [-0.4, -0.2) is 13.1 Å². The minimum atomic E-state index is 0.812. The van der Waals surface area contributed by atoms with Gasteiger partial charge >= 0.3 is 0 Å². The second-order valence-corrected chi connectivity index (χ2v) is 5.26. The number of hydrogen-bond acceptors (Lipinski definition) is 2. The van der Waals surface area contributed by atoms with Crippen molar-refractivity contribution < 1.29 is 0 Å². The number of nitrogen functional groups attached to an aromatic ring is 1. The van der Waals surface area contributed by atoms with E-state index >= 15 is 0 Å². The summed E-state index contributed by atoms with van der Waals surface area (Å²) in [4.78, 5) is 2.45. The largest absolute Gasteiger partial charge is 0.399 e. The fourth-order valence-electron chi connectivity index (χ4n) is 1.83. The van der Waals surface area contributed by atoms with Crippen molar-refractivity contribution in [3.8, 4) is 0 Å². The number of benzene rings is 1. The molecule has 0 bridgehead atoms. The lowest BCUT2D eigenvalue weighted by Gasteiger charge is -2.26. The van der Waals surface area contributed by atoms with Crippen LogP contribution >= 0.6 is 15.9 Å². The Hall–Kier alpha value is -0.700. The molecule has 2 nitrogen and oxygen atoms in total. The molecule has 0 aromatic heterocycles. The molecule has 0 unspecified atom stereocenters. The zero-order valence-electron chi connectivity index (χ0n) is 10.9. The van der Waals surface area contributed by atoms with Crippen molar-refractivity contribution in [2.75, 3.05) is 23.7 Å². The Balaban J connectivity index is 2.79. The average molecular weight is 299 g/mol. The van der Waals surface area contributed by atoms with E-state index in [1.54, 1.807) is 0 Å². The molecule has 17 heavy (non-hydrogen) atoms. The van der Waals surface area contributed by atoms with E-state index in [0.717, 1.165) is 23.2 Å². The topological polar surface area (TPSA) is 29.3 Å². The third-order valence-electron chi connectivity index (χ3n) is 2.88. The Bertz CT molecular complexity index is 331. The molecular formula is C14H23BrN2. The van der Waals surface area contributed by atoms with Gasteiger partial charge in [0, 0.05) is 23.2 Å². The predicted octanol–water partition coefficient (Wildman–Crippen LogP) is 4.44. The quantitative estimate of drug-likeness (QED) is 0.754. The van der Waals surface area contributed by atoms with Gasteiger partial charge in [-0.1, -0.05) is 26.7 Å². The first-order valence-electron chi connectivity index (χ1n) is 6.49. The molecule has 3 heteroatoms. The van der Waals surface area contributed by atoms with Crippen LogP contribution in [0.5, 0.6) is 0 Å². The number of unbranched alkanes of at least 4 members (excludes halogenated alkanes) is 2. The highest BCUT2D eigenvalue weighted by Gasteiger charge is 2.09. The maximum Gasteiger partial charge on any atom is 0.0512 e. The van der Waals surface area contributed by atoms with Gasteiger partial charge in [0.25, 0.3) is 0 Å². The molecule has 0 heterocycles. The monoisotopic (exact) mass is 298 g/mol. The van der Waals surface area contributed by atoms with Crippen LogP contribution in [0.3, 0.4) is 0 Å². The van der Waals surface area contributed by atoms with Gasteiger partial charge in [-0.05, 0) is 47.0 Å². The molecule has 2 N–H and O–H groups in total. The number of nitrogens with zero attached hydrogens (tertiary/aromatic N) is 1. The van der Waals surface area contributed by atoms with Crippen LogP contribution in [0.15, 0.2) is 22.7 Å². The van der Waals surface area contributed by atoms with Gasteiger partial charge in [-0.15, -0.1) is 0 Å². The van der Waals surface area contributed by atoms with Gasteiger partial charge in [0.15, 0.2) is 0 Å². The lowest BCUT2D eigenvalue weighted by atomic mass is 10.2. The van der Waals surface area contributed by atoms with Gasteiger partial charge in [0.1, 0.15) is 0 Å². The maximum absolute atomic E-state index is 5.78. The van der Waals surface area contributed by atoms with Crippen molar-refractivity contribution in [2.24, 2.45) is 0 Å². The van der Waals surface area contributed by atoms with E-state index in [-0.39, 0.29) is 0 Å². The highest BCUT2D eigenvalue weighted by Crippen LogP contribution is 2.28. The third-order valence-corrected chi connectivity index (χ3v) is 3.51. The van der Waals surface area contributed by atoms with Crippen LogP contribution in [0.4, 0.5) is 11.4 Å². The SMILES string of the molecule is CCCCN(CCCC)c1ccc(N)cc1Br. The van der Waals surface area contributed by atoms with Gasteiger partial charge in [-0.25, -0.2) is 0 Å². The lowest BCUT2D eigenvalue weighted by molar-refractivity contribution is 0.677. The zero-order valence-corrected chi connectivity index (χ0v) is 12.5. The Morgan fingerprint density at radius 1 is 1.12 bits per heavy atom. The van der Waals surface area contributed by atoms with Crippen molar-refractivity contribution in [1.29, 1.82) is 0 Å². The van der Waals surface area contributed by atoms with E-state index in [9.17, 15) is 0 Å². The Kier molecular flexibility index (Phi) is 6.41. The van der Waals surface area contributed by atoms with E-state index < -0.39 is 0 Å². The minimum absolute atomic E-state index is 0.812. The molecule has 1 aromatic rings. The summed E-state index contributed by atoms with van der Waals surface area (Å²) >= 11 is 3.61. The highest BCUT2D eigenvalue weighted by atomic mass is 79.9. The summed E-state index contributed by atoms with van der Waals surface area (Å²) in [5, 5.41) is 0. The number of halogens is 1. The van der Waals surface area contributed by atoms with E-state index in [2.05, 4.69) is 40.7 Å². The smallest absolute Gasteiger partial charge is 0.0512 e. The van der Waals surface area contributed by atoms with Crippen molar-refractivity contribution in [3.05, 3.63) is 22.7 Å². The summed E-state index contributed by atoms with van der Waals surface area (Å²) in [6.07, 6.45) is 4.94. The van der Waals surface area contributed by atoms with Crippen molar-refractivity contribution in [3.63, 3.8) is 0 Å². The van der Waals surface area contributed by atoms with Crippen molar-refractivity contribution in [1.82, 2.24) is 0 Å². The summed E-state index contributed by atoms with van der Waals surface area (Å²) in [6, 6.07) is 6.08. The minimum Gasteiger partial charge on any atom is -0.399 e. The molecule has 1 rings (SSSR count). The van der Waals surface area contributed by atoms with Gasteiger partial charge in [0.05, 0.1) is 5.69 Å². The first-order chi connectivity index (χ1) is 8.19. The van der Waals surface area contributed by atoms with E-state index in [4.69, 9.17) is 5.73 Å². The summed E-state index contributed by atoms with van der Waals surface area (Å²) < 4.78 is 1.10. The number of hydrogen-bond donors (Lipinski definition) is 1. The van der Waals surface area contributed by atoms with E-state index in [1.807, 2.05) is 12.1 Å². The van der Waals surface area contributed by atoms with E-state index in [1.165, 1.54) is 31.4 Å². The number of nitrogens with two attached hydrogens (primary N) is 1. The average Bonchev–Trinajstić information content (AvgIpc) is 2.30. The van der Waals surface area contributed by atoms with Gasteiger partial charge < -0.3 is 10.6 Å². The second kappa shape index (κ2) is 7.59. The van der Waals surface area contributed by atoms with Gasteiger partial charge in [-0.3, -0.25) is 0 Å². The molecule has 0 spiro atoms. The summed E-state index contributed by atoms with van der Waals surface area (Å²) in [5.74, 6) is 0. The molecule has 0 atom stereocenters. The third kappa shape index (κ3) is 4.58. The molecule has 0 amide bonds. The fraction of sp³-hybridized carbons (Fsp3) is 0.571. The molecule has 0 aliphatic heterocycles. The van der Waals surface area contributed by atoms with E-state index in [0.29, 0.717) is 0 Å². The second-order valence-electron chi connectivity index (χ2n) is 4.41. The molecule has 96 valence electrons. The predicted molar refractivity (Wildman–Crippen MR) is 80.6 cm³/mol. The van der Waals surface area contributed by atoms with Crippen LogP contribution in [0.25, 0.3) is 0 Å². The fourth-order valence-corrected chi connectivity index (χ4v) is 2.48. The lowest BCUT2D eigenvalue weighted by Crippen LogP contribution is -2.25. The zero-order chi connectivity index (χ0) is 12.7. The molecule has 0 saturated carbocycles. The number of rotatable bonds is 7. The first kappa shape index (κ1) is 14.4. The van der Waals surface area contributed by atoms with Gasteiger partial charge in [0.2, 0.25) is 0 Å². The van der Waals surface area contributed by atoms with Crippen LogP contribution < -0.4 is 10.6 Å². The summed E-state index contributed by atoms with van der Waals surface area (Å²) in [5.41, 5.74) is 7.86.